The van der Waals surface area contributed by atoms with Crippen molar-refractivity contribution in [2.24, 2.45) is 0 Å². The van der Waals surface area contributed by atoms with Crippen molar-refractivity contribution in [2.75, 3.05) is 13.7 Å². The number of ether oxygens (including phenoxy) is 2. The van der Waals surface area contributed by atoms with Crippen LogP contribution in [0.5, 0.6) is 0 Å². The number of hydrogen-bond donors (Lipinski definition) is 1. The fraction of sp³-hybridized carbons (Fsp3) is 0.292. The maximum atomic E-state index is 10.3. The van der Waals surface area contributed by atoms with E-state index in [1.54, 1.807) is 6.92 Å². The maximum Gasteiger partial charge on any atom is 0.332 e. The van der Waals surface area contributed by atoms with Gasteiger partial charge in [-0.05, 0) is 25.8 Å². The number of carbonyl (C=O) groups is 3. The van der Waals surface area contributed by atoms with Crippen LogP contribution in [0.4, 0.5) is 0 Å². The minimum Gasteiger partial charge on any atom is -0.478 e. The van der Waals surface area contributed by atoms with Gasteiger partial charge >= 0.3 is 17.9 Å². The molecule has 0 aromatic heterocycles. The Labute approximate surface area is 180 Å². The van der Waals surface area contributed by atoms with Crippen LogP contribution in [-0.2, 0) is 23.9 Å². The summed E-state index contributed by atoms with van der Waals surface area (Å²) in [6.07, 6.45) is 4.99. The number of unbranched alkanes of at least 4 members (excludes halogenated alkanes) is 1. The molecule has 0 aliphatic heterocycles. The Morgan fingerprint density at radius 2 is 1.53 bits per heavy atom. The zero-order valence-electron chi connectivity index (χ0n) is 18.5. The summed E-state index contributed by atoms with van der Waals surface area (Å²) in [6.45, 7) is 19.0. The second-order valence-electron chi connectivity index (χ2n) is 5.70. The lowest BCUT2D eigenvalue weighted by molar-refractivity contribution is -0.138. The molecule has 1 aromatic rings. The Bertz CT molecular complexity index is 662. The minimum absolute atomic E-state index is 0.176. The van der Waals surface area contributed by atoms with Crippen LogP contribution in [0, 0.1) is 0 Å². The number of carboxylic acid groups (broad SMARTS) is 1. The monoisotopic (exact) mass is 418 g/mol. The molecule has 0 bridgehead atoms. The maximum absolute atomic E-state index is 10.3. The molecular weight excluding hydrogens is 384 g/mol. The van der Waals surface area contributed by atoms with E-state index >= 15 is 0 Å². The SMILES string of the molecule is C=C(C)C(=O)O.C=C(C)C(=O)OC.C=CC(=O)OCCCC.C=Cc1ccccc1. The molecule has 0 radical (unpaired) electrons. The standard InChI is InChI=1S/C8H8.C7H12O2.C5H8O2.C4H6O2/c1-2-8-6-4-3-5-7-8;1-3-5-6-9-7(8)4-2;1-4(2)5(6)7-3;1-3(2)4(5)6/h2-7H,1H2;4H,2-3,5-6H2,1H3;1H2,2-3H3;1H2,2H3,(H,5,6). The van der Waals surface area contributed by atoms with Gasteiger partial charge in [0.15, 0.2) is 0 Å². The lowest BCUT2D eigenvalue weighted by atomic mass is 10.2. The van der Waals surface area contributed by atoms with E-state index in [9.17, 15) is 14.4 Å². The molecule has 0 heterocycles. The molecule has 0 unspecified atom stereocenters. The third-order valence-corrected chi connectivity index (χ3v) is 2.84. The topological polar surface area (TPSA) is 89.9 Å². The number of benzene rings is 1. The minimum atomic E-state index is -0.935. The quantitative estimate of drug-likeness (QED) is 0.370. The summed E-state index contributed by atoms with van der Waals surface area (Å²) in [4.78, 5) is 30.1. The van der Waals surface area contributed by atoms with E-state index in [-0.39, 0.29) is 17.5 Å². The Morgan fingerprint density at radius 3 is 1.77 bits per heavy atom. The fourth-order valence-electron chi connectivity index (χ4n) is 1.14. The lowest BCUT2D eigenvalue weighted by Gasteiger charge is -1.97. The van der Waals surface area contributed by atoms with Gasteiger partial charge in [-0.15, -0.1) is 0 Å². The average Bonchev–Trinajstić information content (AvgIpc) is 2.74. The van der Waals surface area contributed by atoms with Gasteiger partial charge in [-0.3, -0.25) is 0 Å². The van der Waals surface area contributed by atoms with Gasteiger partial charge in [-0.1, -0.05) is 76.1 Å². The number of rotatable bonds is 7. The second kappa shape index (κ2) is 21.9. The first-order valence-corrected chi connectivity index (χ1v) is 9.16. The number of aliphatic carboxylic acids is 1. The van der Waals surface area contributed by atoms with Gasteiger partial charge in [0.1, 0.15) is 0 Å². The molecule has 1 rings (SSSR count). The highest BCUT2D eigenvalue weighted by Gasteiger charge is 1.95. The first-order valence-electron chi connectivity index (χ1n) is 9.16. The molecule has 0 aliphatic rings. The molecule has 1 N–H and O–H groups in total. The summed E-state index contributed by atoms with van der Waals surface area (Å²) in [6, 6.07) is 10.0. The van der Waals surface area contributed by atoms with Crippen molar-refractivity contribution in [3.05, 3.63) is 79.4 Å². The fourth-order valence-corrected chi connectivity index (χ4v) is 1.14. The van der Waals surface area contributed by atoms with E-state index in [0.717, 1.165) is 12.8 Å². The summed E-state index contributed by atoms with van der Waals surface area (Å²) in [7, 11) is 1.33. The van der Waals surface area contributed by atoms with Gasteiger partial charge in [0.25, 0.3) is 0 Å². The highest BCUT2D eigenvalue weighted by molar-refractivity contribution is 5.86. The molecule has 6 nitrogen and oxygen atoms in total. The Balaban J connectivity index is -0.000000328. The van der Waals surface area contributed by atoms with Crippen molar-refractivity contribution in [1.82, 2.24) is 0 Å². The van der Waals surface area contributed by atoms with Crippen molar-refractivity contribution in [3.8, 4) is 0 Å². The molecule has 0 aliphatic carbocycles. The molecule has 30 heavy (non-hydrogen) atoms. The van der Waals surface area contributed by atoms with Crippen molar-refractivity contribution >= 4 is 24.0 Å². The zero-order chi connectivity index (χ0) is 23.9. The molecule has 1 aromatic carbocycles. The van der Waals surface area contributed by atoms with Gasteiger partial charge in [-0.25, -0.2) is 14.4 Å². The number of hydrogen-bond acceptors (Lipinski definition) is 5. The number of esters is 2. The molecule has 166 valence electrons. The Morgan fingerprint density at radius 1 is 1.03 bits per heavy atom. The predicted molar refractivity (Wildman–Crippen MR) is 122 cm³/mol. The van der Waals surface area contributed by atoms with Crippen LogP contribution >= 0.6 is 0 Å². The van der Waals surface area contributed by atoms with E-state index < -0.39 is 5.97 Å². The van der Waals surface area contributed by atoms with Crippen LogP contribution in [0.3, 0.4) is 0 Å². The van der Waals surface area contributed by atoms with E-state index in [2.05, 4.69) is 35.8 Å². The summed E-state index contributed by atoms with van der Waals surface area (Å²) >= 11 is 0. The van der Waals surface area contributed by atoms with Gasteiger partial charge in [0.05, 0.1) is 13.7 Å². The number of carbonyl (C=O) groups excluding carboxylic acids is 2. The van der Waals surface area contributed by atoms with Crippen molar-refractivity contribution < 1.29 is 29.0 Å². The first kappa shape index (κ1) is 31.3. The van der Waals surface area contributed by atoms with E-state index in [0.29, 0.717) is 12.2 Å². The smallest absolute Gasteiger partial charge is 0.332 e. The zero-order valence-corrected chi connectivity index (χ0v) is 18.5. The molecule has 0 spiro atoms. The van der Waals surface area contributed by atoms with Crippen LogP contribution in [0.15, 0.2) is 73.9 Å². The van der Waals surface area contributed by atoms with Gasteiger partial charge in [-0.2, -0.15) is 0 Å². The molecule has 0 saturated heterocycles. The summed E-state index contributed by atoms with van der Waals surface area (Å²) in [5, 5.41) is 7.89. The third kappa shape index (κ3) is 24.6. The van der Waals surface area contributed by atoms with Gasteiger partial charge in [0.2, 0.25) is 0 Å². The van der Waals surface area contributed by atoms with Crippen LogP contribution in [0.25, 0.3) is 6.08 Å². The highest BCUT2D eigenvalue weighted by atomic mass is 16.5. The summed E-state index contributed by atoms with van der Waals surface area (Å²) in [5.74, 6) is -1.61. The largest absolute Gasteiger partial charge is 0.478 e. The molecule has 0 saturated carbocycles. The highest BCUT2D eigenvalue weighted by Crippen LogP contribution is 1.97. The Hall–Kier alpha value is -3.41. The van der Waals surface area contributed by atoms with Gasteiger partial charge < -0.3 is 14.6 Å². The third-order valence-electron chi connectivity index (χ3n) is 2.84. The molecule has 0 fully saturated rings. The predicted octanol–water partition coefficient (Wildman–Crippen LogP) is 5.23. The van der Waals surface area contributed by atoms with Crippen LogP contribution < -0.4 is 0 Å². The normalized spacial score (nSPS) is 8.13. The second-order valence-corrected chi connectivity index (χ2v) is 5.70. The van der Waals surface area contributed by atoms with E-state index in [1.807, 2.05) is 43.3 Å². The van der Waals surface area contributed by atoms with Crippen molar-refractivity contribution in [1.29, 1.82) is 0 Å². The average molecular weight is 419 g/mol. The number of methoxy groups -OCH3 is 1. The van der Waals surface area contributed by atoms with Crippen molar-refractivity contribution in [3.63, 3.8) is 0 Å². The van der Waals surface area contributed by atoms with Gasteiger partial charge in [0, 0.05) is 17.2 Å². The summed E-state index contributed by atoms with van der Waals surface area (Å²) < 4.78 is 8.95. The van der Waals surface area contributed by atoms with Crippen LogP contribution in [0.2, 0.25) is 0 Å². The summed E-state index contributed by atoms with van der Waals surface area (Å²) in [5.41, 5.74) is 1.78. The first-order chi connectivity index (χ1) is 14.1. The van der Waals surface area contributed by atoms with E-state index in [1.165, 1.54) is 25.7 Å². The van der Waals surface area contributed by atoms with Crippen molar-refractivity contribution in [2.45, 2.75) is 33.6 Å². The molecular formula is C24H34O6. The number of carboxylic acids is 1. The van der Waals surface area contributed by atoms with Crippen LogP contribution in [-0.4, -0.2) is 36.7 Å². The molecule has 6 heteroatoms. The molecule has 0 amide bonds. The Kier molecular flexibility index (Phi) is 22.8. The van der Waals surface area contributed by atoms with E-state index in [4.69, 9.17) is 5.11 Å². The van der Waals surface area contributed by atoms with Crippen LogP contribution in [0.1, 0.15) is 39.2 Å². The lowest BCUT2D eigenvalue weighted by Crippen LogP contribution is -2.00. The molecule has 0 atom stereocenters.